The Kier molecular flexibility index (Phi) is 1.68. The van der Waals surface area contributed by atoms with E-state index in [2.05, 4.69) is 5.59 Å². The van der Waals surface area contributed by atoms with Crippen LogP contribution in [0.5, 0.6) is 0 Å². The third kappa shape index (κ3) is 1.13. The van der Waals surface area contributed by atoms with Crippen LogP contribution in [0.4, 0.5) is 0 Å². The summed E-state index contributed by atoms with van der Waals surface area (Å²) in [6.45, 7) is 0.855. The van der Waals surface area contributed by atoms with Gasteiger partial charge in [0.05, 0.1) is 6.54 Å². The summed E-state index contributed by atoms with van der Waals surface area (Å²) in [6, 6.07) is 0. The number of rotatable bonds is 0. The molecule has 0 aromatic carbocycles. The average molecular weight is 183 g/mol. The van der Waals surface area contributed by atoms with Crippen LogP contribution in [0.25, 0.3) is 0 Å². The molecule has 1 heterocycles. The molecule has 0 aromatic rings. The smallest absolute Gasteiger partial charge is 0.110 e. The summed E-state index contributed by atoms with van der Waals surface area (Å²) in [6.07, 6.45) is 6.68. The number of hydrogen-bond donors (Lipinski definition) is 2. The first-order chi connectivity index (χ1) is 6.28. The molecule has 13 heavy (non-hydrogen) atoms. The summed E-state index contributed by atoms with van der Waals surface area (Å²) >= 11 is 0. The Morgan fingerprint density at radius 2 is 2.08 bits per heavy atom. The highest BCUT2D eigenvalue weighted by Crippen LogP contribution is 2.50. The second-order valence-corrected chi connectivity index (χ2v) is 4.81. The van der Waals surface area contributed by atoms with E-state index in [0.29, 0.717) is 0 Å². The highest BCUT2D eigenvalue weighted by atomic mass is 16.7. The molecule has 1 aliphatic heterocycles. The van der Waals surface area contributed by atoms with Gasteiger partial charge in [0.25, 0.3) is 0 Å². The molecule has 3 N–H and O–H groups in total. The van der Waals surface area contributed by atoms with Crippen LogP contribution in [0.1, 0.15) is 32.1 Å². The van der Waals surface area contributed by atoms with Crippen molar-refractivity contribution in [2.75, 3.05) is 6.54 Å². The second kappa shape index (κ2) is 2.67. The van der Waals surface area contributed by atoms with Gasteiger partial charge >= 0.3 is 0 Å². The maximum atomic E-state index is 5.68. The number of hydrogen-bond acceptors (Lipinski definition) is 4. The van der Waals surface area contributed by atoms with E-state index in [1.54, 1.807) is 5.12 Å². The van der Waals surface area contributed by atoms with Gasteiger partial charge in [0, 0.05) is 0 Å². The Bertz CT molecular complexity index is 215. The third-order valence-corrected chi connectivity index (χ3v) is 4.03. The van der Waals surface area contributed by atoms with Gasteiger partial charge in [0.2, 0.25) is 0 Å². The van der Waals surface area contributed by atoms with Crippen molar-refractivity contribution in [3.63, 3.8) is 0 Å². The first-order valence-corrected chi connectivity index (χ1v) is 5.24. The number of nitrogens with two attached hydrogens (primary N) is 1. The molecule has 4 rings (SSSR count). The van der Waals surface area contributed by atoms with Crippen molar-refractivity contribution in [3.8, 4) is 0 Å². The van der Waals surface area contributed by atoms with Crippen LogP contribution in [-0.4, -0.2) is 17.3 Å². The minimum absolute atomic E-state index is 0.0515. The van der Waals surface area contributed by atoms with E-state index in [1.807, 2.05) is 0 Å². The molecule has 4 aliphatic rings. The lowest BCUT2D eigenvalue weighted by Crippen LogP contribution is -2.50. The van der Waals surface area contributed by atoms with Crippen molar-refractivity contribution in [3.05, 3.63) is 0 Å². The SMILES string of the molecule is NN1C[C@]2(CC3CCC2CC3)ON1. The lowest BCUT2D eigenvalue weighted by atomic mass is 9.62. The predicted octanol–water partition coefficient (Wildman–Crippen LogP) is 0.561. The van der Waals surface area contributed by atoms with Crippen molar-refractivity contribution < 1.29 is 4.84 Å². The molecule has 1 spiro atoms. The number of fused-ring (bicyclic) bond motifs is 2. The molecule has 1 saturated heterocycles. The fourth-order valence-electron chi connectivity index (χ4n) is 3.37. The van der Waals surface area contributed by atoms with Gasteiger partial charge in [-0.05, 0) is 43.9 Å². The van der Waals surface area contributed by atoms with Crippen LogP contribution in [-0.2, 0) is 4.84 Å². The molecule has 3 aliphatic carbocycles. The largest absolute Gasteiger partial charge is 0.277 e. The molecule has 4 heteroatoms. The quantitative estimate of drug-likeness (QED) is 0.539. The van der Waals surface area contributed by atoms with E-state index in [1.165, 1.54) is 32.1 Å². The highest BCUT2D eigenvalue weighted by molar-refractivity contribution is 5.00. The molecular weight excluding hydrogens is 166 g/mol. The van der Waals surface area contributed by atoms with E-state index in [-0.39, 0.29) is 5.60 Å². The summed E-state index contributed by atoms with van der Waals surface area (Å²) in [5.74, 6) is 7.29. The zero-order valence-corrected chi connectivity index (χ0v) is 7.83. The van der Waals surface area contributed by atoms with Gasteiger partial charge in [-0.3, -0.25) is 10.7 Å². The Hall–Kier alpha value is -0.160. The summed E-state index contributed by atoms with van der Waals surface area (Å²) in [5.41, 5.74) is 2.83. The monoisotopic (exact) mass is 183 g/mol. The Morgan fingerprint density at radius 3 is 2.54 bits per heavy atom. The summed E-state index contributed by atoms with van der Waals surface area (Å²) in [4.78, 5) is 5.68. The van der Waals surface area contributed by atoms with E-state index in [9.17, 15) is 0 Å². The van der Waals surface area contributed by atoms with E-state index in [4.69, 9.17) is 10.7 Å². The topological polar surface area (TPSA) is 50.5 Å². The molecule has 0 aromatic heterocycles. The first kappa shape index (κ1) is 8.17. The normalized spacial score (nSPS) is 50.5. The van der Waals surface area contributed by atoms with Crippen LogP contribution < -0.4 is 11.4 Å². The van der Waals surface area contributed by atoms with Gasteiger partial charge in [-0.25, -0.2) is 0 Å². The van der Waals surface area contributed by atoms with Crippen LogP contribution in [0.15, 0.2) is 0 Å². The van der Waals surface area contributed by atoms with Gasteiger partial charge in [-0.2, -0.15) is 5.12 Å². The zero-order valence-electron chi connectivity index (χ0n) is 7.83. The number of hydrazine groups is 2. The molecule has 3 saturated carbocycles. The predicted molar refractivity (Wildman–Crippen MR) is 47.9 cm³/mol. The minimum atomic E-state index is 0.0515. The van der Waals surface area contributed by atoms with E-state index in [0.717, 1.165) is 18.4 Å². The maximum absolute atomic E-state index is 5.68. The molecule has 0 unspecified atom stereocenters. The second-order valence-electron chi connectivity index (χ2n) is 4.81. The van der Waals surface area contributed by atoms with Gasteiger partial charge in [-0.1, -0.05) is 0 Å². The van der Waals surface area contributed by atoms with Crippen molar-refractivity contribution >= 4 is 0 Å². The lowest BCUT2D eigenvalue weighted by Gasteiger charge is -2.47. The average Bonchev–Trinajstić information content (AvgIpc) is 2.49. The fraction of sp³-hybridized carbons (Fsp3) is 1.00. The Labute approximate surface area is 78.3 Å². The van der Waals surface area contributed by atoms with E-state index >= 15 is 0 Å². The first-order valence-electron chi connectivity index (χ1n) is 5.24. The maximum Gasteiger partial charge on any atom is 0.110 e. The van der Waals surface area contributed by atoms with Crippen LogP contribution in [0.3, 0.4) is 0 Å². The summed E-state index contributed by atoms with van der Waals surface area (Å²) in [7, 11) is 0. The van der Waals surface area contributed by atoms with Crippen molar-refractivity contribution in [1.29, 1.82) is 0 Å². The standard InChI is InChI=1S/C9H17N3O/c10-12-6-9(13-11-12)5-7-1-3-8(9)4-2-7/h7-8,11H,1-6,10H2/t7?,8?,9-/m0/s1. The molecule has 0 amide bonds. The van der Waals surface area contributed by atoms with Crippen LogP contribution in [0, 0.1) is 11.8 Å². The van der Waals surface area contributed by atoms with Gasteiger partial charge < -0.3 is 0 Å². The summed E-state index contributed by atoms with van der Waals surface area (Å²) in [5, 5.41) is 1.58. The molecular formula is C9H17N3O. The number of nitrogens with one attached hydrogen (secondary N) is 1. The molecule has 4 nitrogen and oxygen atoms in total. The molecule has 4 fully saturated rings. The van der Waals surface area contributed by atoms with E-state index < -0.39 is 0 Å². The Balaban J connectivity index is 1.83. The molecule has 0 radical (unpaired) electrons. The van der Waals surface area contributed by atoms with Crippen molar-refractivity contribution in [2.24, 2.45) is 17.7 Å². The lowest BCUT2D eigenvalue weighted by molar-refractivity contribution is -0.147. The molecule has 1 atom stereocenters. The highest BCUT2D eigenvalue weighted by Gasteiger charge is 2.52. The van der Waals surface area contributed by atoms with Crippen molar-refractivity contribution in [1.82, 2.24) is 10.7 Å². The van der Waals surface area contributed by atoms with Crippen LogP contribution >= 0.6 is 0 Å². The third-order valence-electron chi connectivity index (χ3n) is 4.03. The van der Waals surface area contributed by atoms with Gasteiger partial charge in [0.1, 0.15) is 5.60 Å². The molecule has 74 valence electrons. The summed E-state index contributed by atoms with van der Waals surface area (Å²) < 4.78 is 0. The van der Waals surface area contributed by atoms with Crippen molar-refractivity contribution in [2.45, 2.75) is 37.7 Å². The van der Waals surface area contributed by atoms with Gasteiger partial charge in [0.15, 0.2) is 0 Å². The number of nitrogens with zero attached hydrogens (tertiary/aromatic N) is 1. The van der Waals surface area contributed by atoms with Gasteiger partial charge in [-0.15, -0.1) is 5.59 Å². The minimum Gasteiger partial charge on any atom is -0.277 e. The zero-order chi connectivity index (χ0) is 8.89. The fourth-order valence-corrected chi connectivity index (χ4v) is 3.37. The Morgan fingerprint density at radius 1 is 1.31 bits per heavy atom. The molecule has 2 bridgehead atoms. The van der Waals surface area contributed by atoms with Crippen LogP contribution in [0.2, 0.25) is 0 Å².